The van der Waals surface area contributed by atoms with Gasteiger partial charge in [-0.2, -0.15) is 5.10 Å². The predicted octanol–water partition coefficient (Wildman–Crippen LogP) is 2.24. The topological polar surface area (TPSA) is 79.7 Å². The highest BCUT2D eigenvalue weighted by Gasteiger charge is 2.27. The molecule has 0 fully saturated rings. The SMILES string of the molecule is Cc1cc(C(=O)N2CCn3c(nnc3C(C)C)C2)c2[nH]ncc2c1. The zero-order chi connectivity index (χ0) is 16.8. The van der Waals surface area contributed by atoms with Crippen LogP contribution in [0.3, 0.4) is 0 Å². The lowest BCUT2D eigenvalue weighted by molar-refractivity contribution is 0.0708. The number of hydrogen-bond acceptors (Lipinski definition) is 4. The summed E-state index contributed by atoms with van der Waals surface area (Å²) in [5.74, 6) is 2.18. The van der Waals surface area contributed by atoms with Gasteiger partial charge in [-0.15, -0.1) is 10.2 Å². The smallest absolute Gasteiger partial charge is 0.256 e. The number of amides is 1. The maximum absolute atomic E-state index is 13.0. The molecule has 1 aliphatic rings. The van der Waals surface area contributed by atoms with Crippen molar-refractivity contribution in [2.45, 2.75) is 39.8 Å². The van der Waals surface area contributed by atoms with Gasteiger partial charge in [-0.05, 0) is 24.6 Å². The molecule has 0 unspecified atom stereocenters. The Morgan fingerprint density at radius 2 is 2.08 bits per heavy atom. The van der Waals surface area contributed by atoms with Gasteiger partial charge in [-0.25, -0.2) is 0 Å². The molecule has 3 heterocycles. The molecule has 3 aromatic rings. The zero-order valence-electron chi connectivity index (χ0n) is 14.1. The van der Waals surface area contributed by atoms with Crippen LogP contribution in [0.15, 0.2) is 18.3 Å². The Kier molecular flexibility index (Phi) is 3.37. The first kappa shape index (κ1) is 14.9. The summed E-state index contributed by atoms with van der Waals surface area (Å²) >= 11 is 0. The van der Waals surface area contributed by atoms with Crippen LogP contribution in [-0.2, 0) is 13.1 Å². The average molecular weight is 324 g/mol. The van der Waals surface area contributed by atoms with Crippen LogP contribution in [-0.4, -0.2) is 42.3 Å². The summed E-state index contributed by atoms with van der Waals surface area (Å²) in [4.78, 5) is 14.9. The van der Waals surface area contributed by atoms with E-state index in [4.69, 9.17) is 0 Å². The fourth-order valence-electron chi connectivity index (χ4n) is 3.33. The van der Waals surface area contributed by atoms with Gasteiger partial charge in [-0.1, -0.05) is 13.8 Å². The van der Waals surface area contributed by atoms with Crippen LogP contribution in [0.2, 0.25) is 0 Å². The lowest BCUT2D eigenvalue weighted by Crippen LogP contribution is -2.39. The monoisotopic (exact) mass is 324 g/mol. The number of rotatable bonds is 2. The molecule has 4 rings (SSSR count). The van der Waals surface area contributed by atoms with E-state index in [0.29, 0.717) is 24.6 Å². The first-order chi connectivity index (χ1) is 11.5. The number of aromatic amines is 1. The lowest BCUT2D eigenvalue weighted by atomic mass is 10.1. The number of aromatic nitrogens is 5. The highest BCUT2D eigenvalue weighted by Crippen LogP contribution is 2.23. The highest BCUT2D eigenvalue weighted by atomic mass is 16.2. The first-order valence-corrected chi connectivity index (χ1v) is 8.19. The number of benzene rings is 1. The Morgan fingerprint density at radius 3 is 2.88 bits per heavy atom. The summed E-state index contributed by atoms with van der Waals surface area (Å²) in [6.07, 6.45) is 1.75. The fraction of sp³-hybridized carbons (Fsp3) is 0.412. The molecule has 1 aliphatic heterocycles. The zero-order valence-corrected chi connectivity index (χ0v) is 14.1. The fourth-order valence-corrected chi connectivity index (χ4v) is 3.33. The van der Waals surface area contributed by atoms with E-state index in [1.165, 1.54) is 0 Å². The second kappa shape index (κ2) is 5.43. The molecule has 0 saturated heterocycles. The highest BCUT2D eigenvalue weighted by molar-refractivity contribution is 6.05. The van der Waals surface area contributed by atoms with Crippen molar-refractivity contribution in [1.82, 2.24) is 29.9 Å². The third-order valence-electron chi connectivity index (χ3n) is 4.51. The number of hydrogen-bond donors (Lipinski definition) is 1. The molecule has 2 aromatic heterocycles. The van der Waals surface area contributed by atoms with Crippen molar-refractivity contribution >= 4 is 16.8 Å². The molecule has 0 bridgehead atoms. The molecule has 0 atom stereocenters. The maximum atomic E-state index is 13.0. The molecule has 1 amide bonds. The number of carbonyl (C=O) groups is 1. The lowest BCUT2D eigenvalue weighted by Gasteiger charge is -2.28. The van der Waals surface area contributed by atoms with Gasteiger partial charge in [0, 0.05) is 24.4 Å². The third-order valence-corrected chi connectivity index (χ3v) is 4.51. The molecule has 7 nitrogen and oxygen atoms in total. The van der Waals surface area contributed by atoms with E-state index < -0.39 is 0 Å². The second-order valence-corrected chi connectivity index (χ2v) is 6.65. The van der Waals surface area contributed by atoms with Crippen LogP contribution in [0, 0.1) is 6.92 Å². The molecule has 0 aliphatic carbocycles. The minimum atomic E-state index is 0.00768. The van der Waals surface area contributed by atoms with Gasteiger partial charge < -0.3 is 9.47 Å². The van der Waals surface area contributed by atoms with Crippen molar-refractivity contribution < 1.29 is 4.79 Å². The van der Waals surface area contributed by atoms with Gasteiger partial charge in [0.15, 0.2) is 5.82 Å². The van der Waals surface area contributed by atoms with Gasteiger partial charge in [0.25, 0.3) is 5.91 Å². The van der Waals surface area contributed by atoms with Crippen LogP contribution in [0.1, 0.15) is 47.3 Å². The molecule has 0 spiro atoms. The third kappa shape index (κ3) is 2.28. The van der Waals surface area contributed by atoms with Crippen molar-refractivity contribution in [1.29, 1.82) is 0 Å². The maximum Gasteiger partial charge on any atom is 0.256 e. The average Bonchev–Trinajstić information content (AvgIpc) is 3.18. The van der Waals surface area contributed by atoms with E-state index >= 15 is 0 Å². The van der Waals surface area contributed by atoms with E-state index in [-0.39, 0.29) is 5.91 Å². The van der Waals surface area contributed by atoms with Crippen LogP contribution in [0.5, 0.6) is 0 Å². The standard InChI is InChI=1S/C17H20N6O/c1-10(2)16-21-19-14-9-22(4-5-23(14)16)17(24)13-7-11(3)6-12-8-18-20-15(12)13/h6-8,10H,4-5,9H2,1-3H3,(H,18,20). The summed E-state index contributed by atoms with van der Waals surface area (Å²) in [5.41, 5.74) is 2.51. The Bertz CT molecular complexity index is 922. The number of nitrogens with one attached hydrogen (secondary N) is 1. The Morgan fingerprint density at radius 1 is 1.25 bits per heavy atom. The van der Waals surface area contributed by atoms with Crippen molar-refractivity contribution in [2.24, 2.45) is 0 Å². The molecule has 24 heavy (non-hydrogen) atoms. The minimum absolute atomic E-state index is 0.00768. The summed E-state index contributed by atoms with van der Waals surface area (Å²) in [5, 5.41) is 16.5. The molecule has 0 saturated carbocycles. The minimum Gasteiger partial charge on any atom is -0.329 e. The number of H-pyrrole nitrogens is 1. The predicted molar refractivity (Wildman–Crippen MR) is 89.7 cm³/mol. The van der Waals surface area contributed by atoms with Crippen molar-refractivity contribution in [3.8, 4) is 0 Å². The summed E-state index contributed by atoms with van der Waals surface area (Å²) in [7, 11) is 0. The van der Waals surface area contributed by atoms with Gasteiger partial charge >= 0.3 is 0 Å². The van der Waals surface area contributed by atoms with Gasteiger partial charge in [-0.3, -0.25) is 9.89 Å². The number of aryl methyl sites for hydroxylation is 1. The van der Waals surface area contributed by atoms with Crippen molar-refractivity contribution in [3.05, 3.63) is 41.1 Å². The van der Waals surface area contributed by atoms with Gasteiger partial charge in [0.2, 0.25) is 0 Å². The van der Waals surface area contributed by atoms with Crippen molar-refractivity contribution in [3.63, 3.8) is 0 Å². The Balaban J connectivity index is 1.67. The molecule has 124 valence electrons. The van der Waals surface area contributed by atoms with Gasteiger partial charge in [0.05, 0.1) is 23.8 Å². The number of carbonyl (C=O) groups excluding carboxylic acids is 1. The quantitative estimate of drug-likeness (QED) is 0.784. The van der Waals surface area contributed by atoms with Crippen LogP contribution >= 0.6 is 0 Å². The normalized spacial score (nSPS) is 14.4. The van der Waals surface area contributed by atoms with Crippen molar-refractivity contribution in [2.75, 3.05) is 6.54 Å². The molecule has 7 heteroatoms. The summed E-state index contributed by atoms with van der Waals surface area (Å²) < 4.78 is 2.14. The van der Waals surface area contributed by atoms with Crippen LogP contribution in [0.4, 0.5) is 0 Å². The largest absolute Gasteiger partial charge is 0.329 e. The van der Waals surface area contributed by atoms with E-state index in [2.05, 4.69) is 38.8 Å². The van der Waals surface area contributed by atoms with Crippen LogP contribution in [0.25, 0.3) is 10.9 Å². The van der Waals surface area contributed by atoms with E-state index in [0.717, 1.165) is 34.7 Å². The van der Waals surface area contributed by atoms with E-state index in [9.17, 15) is 4.79 Å². The Hall–Kier alpha value is -2.70. The van der Waals surface area contributed by atoms with Gasteiger partial charge in [0.1, 0.15) is 5.82 Å². The second-order valence-electron chi connectivity index (χ2n) is 6.65. The van der Waals surface area contributed by atoms with E-state index in [1.807, 2.05) is 24.0 Å². The first-order valence-electron chi connectivity index (χ1n) is 8.19. The summed E-state index contributed by atoms with van der Waals surface area (Å²) in [6.45, 7) is 8.09. The van der Waals surface area contributed by atoms with Crippen LogP contribution < -0.4 is 0 Å². The molecular formula is C17H20N6O. The Labute approximate surface area is 139 Å². The molecular weight excluding hydrogens is 304 g/mol. The summed E-state index contributed by atoms with van der Waals surface area (Å²) in [6, 6.07) is 3.94. The number of nitrogens with zero attached hydrogens (tertiary/aromatic N) is 5. The molecule has 0 radical (unpaired) electrons. The molecule has 1 aromatic carbocycles. The molecule has 1 N–H and O–H groups in total. The number of fused-ring (bicyclic) bond motifs is 2. The van der Waals surface area contributed by atoms with E-state index in [1.54, 1.807) is 6.20 Å².